The second-order valence-electron chi connectivity index (χ2n) is 7.14. The van der Waals surface area contributed by atoms with E-state index in [1.807, 2.05) is 48.5 Å². The Morgan fingerprint density at radius 1 is 1.07 bits per heavy atom. The van der Waals surface area contributed by atoms with Gasteiger partial charge in [0, 0.05) is 12.5 Å². The number of carbonyl (C=O) groups is 2. The molecule has 0 heterocycles. The number of aliphatic carboxylic acids is 1. The Morgan fingerprint density at radius 3 is 2.17 bits per heavy atom. The number of aliphatic imine (C=N–C) groups is 1. The summed E-state index contributed by atoms with van der Waals surface area (Å²) in [5.74, 6) is -1.61. The van der Waals surface area contributed by atoms with Crippen LogP contribution in [0.1, 0.15) is 29.9 Å². The molecule has 1 aliphatic rings. The lowest BCUT2D eigenvalue weighted by Gasteiger charge is -2.25. The first-order valence-electron chi connectivity index (χ1n) is 9.52. The lowest BCUT2D eigenvalue weighted by atomic mass is 9.98. The van der Waals surface area contributed by atoms with Crippen molar-refractivity contribution in [2.45, 2.75) is 24.4 Å². The number of amides is 1. The van der Waals surface area contributed by atoms with Crippen molar-refractivity contribution < 1.29 is 19.4 Å². The summed E-state index contributed by atoms with van der Waals surface area (Å²) in [6.45, 7) is 0.254. The maximum absolute atomic E-state index is 12.3. The third-order valence-corrected chi connectivity index (χ3v) is 5.07. The molecule has 1 atom stereocenters. The van der Waals surface area contributed by atoms with Gasteiger partial charge in [-0.25, -0.2) is 9.59 Å². The van der Waals surface area contributed by atoms with Crippen molar-refractivity contribution in [3.63, 3.8) is 0 Å². The standard InChI is InChI=1S/C21H25N5O4/c22-19(23)25-11-5-10-21(24,18(27)28)26-20(29)30-12-17-15-8-3-1-6-13(15)14-7-2-4-9-16(14)17/h1-4,6-9,17H,5,10-12,24H2,(H,26,29)(H,27,28)(H4,22,23,25)/t21-/m0/s1. The summed E-state index contributed by atoms with van der Waals surface area (Å²) in [4.78, 5) is 27.7. The van der Waals surface area contributed by atoms with Gasteiger partial charge in [-0.1, -0.05) is 48.5 Å². The largest absolute Gasteiger partial charge is 0.478 e. The lowest BCUT2D eigenvalue weighted by molar-refractivity contribution is -0.144. The molecule has 30 heavy (non-hydrogen) atoms. The molecule has 0 aliphatic heterocycles. The molecule has 0 bridgehead atoms. The minimum absolute atomic E-state index is 0.0591. The van der Waals surface area contributed by atoms with Gasteiger partial charge in [-0.3, -0.25) is 16.0 Å². The van der Waals surface area contributed by atoms with E-state index < -0.39 is 17.7 Å². The van der Waals surface area contributed by atoms with Gasteiger partial charge in [0.2, 0.25) is 0 Å². The van der Waals surface area contributed by atoms with E-state index in [1.165, 1.54) is 0 Å². The molecule has 3 rings (SSSR count). The van der Waals surface area contributed by atoms with Crippen LogP contribution >= 0.6 is 0 Å². The average molecular weight is 411 g/mol. The van der Waals surface area contributed by atoms with Gasteiger partial charge in [-0.2, -0.15) is 0 Å². The van der Waals surface area contributed by atoms with Crippen LogP contribution in [0.15, 0.2) is 53.5 Å². The number of carboxylic acids is 1. The van der Waals surface area contributed by atoms with E-state index in [9.17, 15) is 14.7 Å². The van der Waals surface area contributed by atoms with Gasteiger partial charge in [0.25, 0.3) is 0 Å². The molecule has 0 spiro atoms. The summed E-state index contributed by atoms with van der Waals surface area (Å²) in [5, 5.41) is 11.7. The van der Waals surface area contributed by atoms with Gasteiger partial charge in [-0.05, 0) is 35.1 Å². The third kappa shape index (κ3) is 4.52. The second kappa shape index (κ2) is 8.83. The average Bonchev–Trinajstić information content (AvgIpc) is 3.03. The fourth-order valence-corrected chi connectivity index (χ4v) is 3.61. The van der Waals surface area contributed by atoms with Crippen LogP contribution in [0.5, 0.6) is 0 Å². The number of nitrogens with one attached hydrogen (secondary N) is 1. The summed E-state index contributed by atoms with van der Waals surface area (Å²) in [6.07, 6.45) is -0.697. The van der Waals surface area contributed by atoms with Gasteiger partial charge in [0.05, 0.1) is 0 Å². The molecule has 0 unspecified atom stereocenters. The topological polar surface area (TPSA) is 166 Å². The molecule has 1 amide bonds. The van der Waals surface area contributed by atoms with Gasteiger partial charge >= 0.3 is 12.1 Å². The van der Waals surface area contributed by atoms with Crippen LogP contribution in [0.2, 0.25) is 0 Å². The molecule has 0 aromatic heterocycles. The molecule has 1 aliphatic carbocycles. The molecule has 0 radical (unpaired) electrons. The fraction of sp³-hybridized carbons (Fsp3) is 0.286. The van der Waals surface area contributed by atoms with Crippen LogP contribution in [0.3, 0.4) is 0 Å². The number of hydrogen-bond acceptors (Lipinski definition) is 5. The number of nitrogens with two attached hydrogens (primary N) is 3. The maximum atomic E-state index is 12.3. The molecule has 2 aromatic rings. The van der Waals surface area contributed by atoms with Crippen molar-refractivity contribution in [3.8, 4) is 11.1 Å². The number of rotatable bonds is 8. The molecule has 0 saturated carbocycles. The number of carbonyl (C=O) groups excluding carboxylic acids is 1. The Morgan fingerprint density at radius 2 is 1.63 bits per heavy atom. The van der Waals surface area contributed by atoms with Crippen molar-refractivity contribution in [1.82, 2.24) is 5.32 Å². The Bertz CT molecular complexity index is 928. The zero-order valence-corrected chi connectivity index (χ0v) is 16.4. The van der Waals surface area contributed by atoms with E-state index in [2.05, 4.69) is 10.3 Å². The predicted octanol–water partition coefficient (Wildman–Crippen LogP) is 1.32. The summed E-state index contributed by atoms with van der Waals surface area (Å²) < 4.78 is 5.37. The van der Waals surface area contributed by atoms with Crippen LogP contribution in [0.4, 0.5) is 4.79 Å². The molecule has 0 fully saturated rings. The zero-order chi connectivity index (χ0) is 21.7. The quantitative estimate of drug-likeness (QED) is 0.189. The molecule has 9 heteroatoms. The molecule has 158 valence electrons. The number of alkyl carbamates (subject to hydrolysis) is 1. The summed E-state index contributed by atoms with van der Waals surface area (Å²) >= 11 is 0. The smallest absolute Gasteiger partial charge is 0.409 e. The first-order valence-corrected chi connectivity index (χ1v) is 9.52. The minimum atomic E-state index is -1.98. The summed E-state index contributed by atoms with van der Waals surface area (Å²) in [6, 6.07) is 15.8. The number of guanidine groups is 1. The monoisotopic (exact) mass is 411 g/mol. The highest BCUT2D eigenvalue weighted by Gasteiger charge is 2.36. The van der Waals surface area contributed by atoms with Crippen molar-refractivity contribution in [2.24, 2.45) is 22.2 Å². The summed E-state index contributed by atoms with van der Waals surface area (Å²) in [7, 11) is 0. The lowest BCUT2D eigenvalue weighted by Crippen LogP contribution is -2.61. The van der Waals surface area contributed by atoms with Crippen LogP contribution in [0.25, 0.3) is 11.1 Å². The number of carboxylic acid groups (broad SMARTS) is 1. The van der Waals surface area contributed by atoms with E-state index in [4.69, 9.17) is 21.9 Å². The number of ether oxygens (including phenoxy) is 1. The zero-order valence-electron chi connectivity index (χ0n) is 16.4. The van der Waals surface area contributed by atoms with Gasteiger partial charge in [0.15, 0.2) is 11.6 Å². The maximum Gasteiger partial charge on any atom is 0.409 e. The SMILES string of the molecule is NC(N)=NCCC[C@](N)(NC(=O)OCC1c2ccccc2-c2ccccc21)C(=O)O. The number of hydrogen-bond donors (Lipinski definition) is 5. The first-order chi connectivity index (χ1) is 14.3. The van der Waals surface area contributed by atoms with Crippen molar-refractivity contribution in [3.05, 3.63) is 59.7 Å². The Balaban J connectivity index is 1.65. The van der Waals surface area contributed by atoms with Gasteiger partial charge in [0.1, 0.15) is 6.61 Å². The van der Waals surface area contributed by atoms with Crippen LogP contribution in [-0.2, 0) is 9.53 Å². The Hall–Kier alpha value is -3.59. The van der Waals surface area contributed by atoms with Crippen LogP contribution < -0.4 is 22.5 Å². The van der Waals surface area contributed by atoms with Crippen LogP contribution in [0, 0.1) is 0 Å². The highest BCUT2D eigenvalue weighted by Crippen LogP contribution is 2.44. The van der Waals surface area contributed by atoms with E-state index >= 15 is 0 Å². The molecule has 8 N–H and O–H groups in total. The molecule has 9 nitrogen and oxygen atoms in total. The van der Waals surface area contributed by atoms with E-state index in [0.29, 0.717) is 0 Å². The Labute approximate surface area is 173 Å². The van der Waals surface area contributed by atoms with Crippen LogP contribution in [-0.4, -0.2) is 41.9 Å². The highest BCUT2D eigenvalue weighted by atomic mass is 16.5. The van der Waals surface area contributed by atoms with E-state index in [-0.39, 0.29) is 37.9 Å². The minimum Gasteiger partial charge on any atom is -0.478 e. The molecular formula is C21H25N5O4. The van der Waals surface area contributed by atoms with Gasteiger partial charge in [-0.15, -0.1) is 0 Å². The molecule has 0 saturated heterocycles. The highest BCUT2D eigenvalue weighted by molar-refractivity contribution is 5.84. The number of benzene rings is 2. The van der Waals surface area contributed by atoms with E-state index in [1.54, 1.807) is 0 Å². The first kappa shape index (κ1) is 21.1. The normalized spacial score (nSPS) is 14.2. The fourth-order valence-electron chi connectivity index (χ4n) is 3.61. The second-order valence-corrected chi connectivity index (χ2v) is 7.14. The number of fused-ring (bicyclic) bond motifs is 3. The Kier molecular flexibility index (Phi) is 6.22. The van der Waals surface area contributed by atoms with E-state index in [0.717, 1.165) is 22.3 Å². The van der Waals surface area contributed by atoms with Crippen molar-refractivity contribution in [2.75, 3.05) is 13.2 Å². The predicted molar refractivity (Wildman–Crippen MR) is 113 cm³/mol. The number of nitrogens with zero attached hydrogens (tertiary/aromatic N) is 1. The summed E-state index contributed by atoms with van der Waals surface area (Å²) in [5.41, 5.74) is 18.7. The molecular weight excluding hydrogens is 386 g/mol. The third-order valence-electron chi connectivity index (χ3n) is 5.07. The van der Waals surface area contributed by atoms with Gasteiger partial charge < -0.3 is 21.3 Å². The van der Waals surface area contributed by atoms with Crippen molar-refractivity contribution >= 4 is 18.0 Å². The molecule has 2 aromatic carbocycles. The van der Waals surface area contributed by atoms with Crippen molar-refractivity contribution in [1.29, 1.82) is 0 Å².